The van der Waals surface area contributed by atoms with Crippen molar-refractivity contribution in [2.45, 2.75) is 0 Å². The van der Waals surface area contributed by atoms with Crippen LogP contribution in [0.25, 0.3) is 5.69 Å². The lowest BCUT2D eigenvalue weighted by atomic mass is 10.2. The summed E-state index contributed by atoms with van der Waals surface area (Å²) in [6.45, 7) is 0. The van der Waals surface area contributed by atoms with Crippen LogP contribution in [0.5, 0.6) is 0 Å². The highest BCUT2D eigenvalue weighted by atomic mass is 32.1. The predicted molar refractivity (Wildman–Crippen MR) is 59.4 cm³/mol. The predicted octanol–water partition coefficient (Wildman–Crippen LogP) is 1.78. The number of rotatable bonds is 2. The van der Waals surface area contributed by atoms with E-state index in [1.54, 1.807) is 0 Å². The van der Waals surface area contributed by atoms with Crippen molar-refractivity contribution in [3.05, 3.63) is 48.1 Å². The SMILES string of the molecule is NC(=S)c1cc(F)c(-n2ccnc2)c(F)c1. The normalized spacial score (nSPS) is 10.4. The molecule has 0 fully saturated rings. The molecule has 0 saturated carbocycles. The fourth-order valence-corrected chi connectivity index (χ4v) is 1.46. The molecule has 6 heteroatoms. The average molecular weight is 239 g/mol. The van der Waals surface area contributed by atoms with E-state index in [9.17, 15) is 8.78 Å². The van der Waals surface area contributed by atoms with Crippen LogP contribution in [0.3, 0.4) is 0 Å². The molecule has 1 aromatic heterocycles. The molecule has 0 aliphatic carbocycles. The van der Waals surface area contributed by atoms with Crippen molar-refractivity contribution >= 4 is 17.2 Å². The minimum atomic E-state index is -0.735. The Morgan fingerprint density at radius 1 is 1.31 bits per heavy atom. The first kappa shape index (κ1) is 10.7. The van der Waals surface area contributed by atoms with E-state index in [0.29, 0.717) is 0 Å². The van der Waals surface area contributed by atoms with Crippen LogP contribution in [0.4, 0.5) is 8.78 Å². The van der Waals surface area contributed by atoms with Gasteiger partial charge in [-0.15, -0.1) is 0 Å². The van der Waals surface area contributed by atoms with Crippen molar-refractivity contribution < 1.29 is 8.78 Å². The molecule has 2 aromatic rings. The van der Waals surface area contributed by atoms with Gasteiger partial charge in [0.25, 0.3) is 0 Å². The Morgan fingerprint density at radius 2 is 1.94 bits per heavy atom. The molecule has 0 amide bonds. The molecule has 0 aliphatic rings. The zero-order valence-corrected chi connectivity index (χ0v) is 8.84. The van der Waals surface area contributed by atoms with Crippen LogP contribution < -0.4 is 5.73 Å². The number of nitrogens with zero attached hydrogens (tertiary/aromatic N) is 2. The number of benzene rings is 1. The van der Waals surface area contributed by atoms with Crippen LogP contribution >= 0.6 is 12.2 Å². The molecule has 82 valence electrons. The van der Waals surface area contributed by atoms with E-state index < -0.39 is 11.6 Å². The number of thiocarbonyl (C=S) groups is 1. The average Bonchev–Trinajstić information content (AvgIpc) is 2.69. The molecule has 0 radical (unpaired) electrons. The van der Waals surface area contributed by atoms with E-state index in [2.05, 4.69) is 17.2 Å². The van der Waals surface area contributed by atoms with Crippen LogP contribution in [-0.2, 0) is 0 Å². The van der Waals surface area contributed by atoms with Gasteiger partial charge in [-0.2, -0.15) is 0 Å². The Labute approximate surface area is 95.5 Å². The number of hydrogen-bond acceptors (Lipinski definition) is 2. The standard InChI is InChI=1S/C10H7F2N3S/c11-7-3-6(10(13)16)4-8(12)9(7)15-2-1-14-5-15/h1-5H,(H2,13,16). The molecule has 0 unspecified atom stereocenters. The van der Waals surface area contributed by atoms with Crippen LogP contribution in [0.2, 0.25) is 0 Å². The highest BCUT2D eigenvalue weighted by Gasteiger charge is 2.13. The first-order chi connectivity index (χ1) is 7.59. The van der Waals surface area contributed by atoms with E-state index in [0.717, 1.165) is 12.1 Å². The van der Waals surface area contributed by atoms with Gasteiger partial charge in [-0.05, 0) is 12.1 Å². The zero-order chi connectivity index (χ0) is 11.7. The lowest BCUT2D eigenvalue weighted by Gasteiger charge is -2.07. The van der Waals surface area contributed by atoms with Gasteiger partial charge >= 0.3 is 0 Å². The summed E-state index contributed by atoms with van der Waals surface area (Å²) in [5.74, 6) is -1.47. The Balaban J connectivity index is 2.61. The van der Waals surface area contributed by atoms with Crippen molar-refractivity contribution in [3.8, 4) is 5.69 Å². The summed E-state index contributed by atoms with van der Waals surface area (Å²) in [5.41, 5.74) is 5.26. The maximum Gasteiger partial charge on any atom is 0.150 e. The fourth-order valence-electron chi connectivity index (χ4n) is 1.35. The van der Waals surface area contributed by atoms with Crippen LogP contribution in [-0.4, -0.2) is 14.5 Å². The number of aromatic nitrogens is 2. The largest absolute Gasteiger partial charge is 0.389 e. The summed E-state index contributed by atoms with van der Waals surface area (Å²) in [5, 5.41) is 0. The van der Waals surface area contributed by atoms with Crippen LogP contribution in [0, 0.1) is 11.6 Å². The van der Waals surface area contributed by atoms with Gasteiger partial charge in [0, 0.05) is 18.0 Å². The lowest BCUT2D eigenvalue weighted by Crippen LogP contribution is -2.11. The van der Waals surface area contributed by atoms with Gasteiger partial charge in [0.15, 0.2) is 11.6 Å². The zero-order valence-electron chi connectivity index (χ0n) is 8.02. The number of halogens is 2. The molecule has 0 atom stereocenters. The van der Waals surface area contributed by atoms with Gasteiger partial charge in [0.1, 0.15) is 10.7 Å². The Bertz CT molecular complexity index is 514. The van der Waals surface area contributed by atoms with Crippen LogP contribution in [0.1, 0.15) is 5.56 Å². The summed E-state index contributed by atoms with van der Waals surface area (Å²) in [4.78, 5) is 3.67. The van der Waals surface area contributed by atoms with E-state index >= 15 is 0 Å². The topological polar surface area (TPSA) is 43.8 Å². The van der Waals surface area contributed by atoms with Crippen molar-refractivity contribution in [1.29, 1.82) is 0 Å². The molecule has 1 heterocycles. The van der Waals surface area contributed by atoms with E-state index in [4.69, 9.17) is 5.73 Å². The summed E-state index contributed by atoms with van der Waals surface area (Å²) in [7, 11) is 0. The minimum Gasteiger partial charge on any atom is -0.389 e. The molecule has 0 aliphatic heterocycles. The second-order valence-corrected chi connectivity index (χ2v) is 3.56. The van der Waals surface area contributed by atoms with Crippen molar-refractivity contribution in [1.82, 2.24) is 9.55 Å². The molecule has 0 spiro atoms. The smallest absolute Gasteiger partial charge is 0.150 e. The number of imidazole rings is 1. The van der Waals surface area contributed by atoms with Gasteiger partial charge in [0.2, 0.25) is 0 Å². The first-order valence-corrected chi connectivity index (χ1v) is 4.77. The Kier molecular flexibility index (Phi) is 2.66. The third kappa shape index (κ3) is 1.79. The quantitative estimate of drug-likeness (QED) is 0.812. The molecule has 2 N–H and O–H groups in total. The second kappa shape index (κ2) is 3.97. The van der Waals surface area contributed by atoms with Gasteiger partial charge in [0.05, 0.1) is 6.33 Å². The summed E-state index contributed by atoms with van der Waals surface area (Å²) < 4.78 is 28.5. The van der Waals surface area contributed by atoms with E-state index in [1.807, 2.05) is 0 Å². The molecule has 3 nitrogen and oxygen atoms in total. The molecular weight excluding hydrogens is 232 g/mol. The summed E-state index contributed by atoms with van der Waals surface area (Å²) >= 11 is 4.65. The highest BCUT2D eigenvalue weighted by Crippen LogP contribution is 2.19. The Morgan fingerprint density at radius 3 is 2.38 bits per heavy atom. The third-order valence-electron chi connectivity index (χ3n) is 2.06. The minimum absolute atomic E-state index is 0.0463. The third-order valence-corrected chi connectivity index (χ3v) is 2.30. The molecule has 16 heavy (non-hydrogen) atoms. The Hall–Kier alpha value is -1.82. The maximum atomic E-state index is 13.6. The maximum absolute atomic E-state index is 13.6. The van der Waals surface area contributed by atoms with Crippen molar-refractivity contribution in [2.24, 2.45) is 5.73 Å². The highest BCUT2D eigenvalue weighted by molar-refractivity contribution is 7.80. The number of hydrogen-bond donors (Lipinski definition) is 1. The molecular formula is C10H7F2N3S. The van der Waals surface area contributed by atoms with Crippen molar-refractivity contribution in [3.63, 3.8) is 0 Å². The second-order valence-electron chi connectivity index (χ2n) is 3.12. The van der Waals surface area contributed by atoms with E-state index in [1.165, 1.54) is 23.3 Å². The van der Waals surface area contributed by atoms with Gasteiger partial charge in [-0.3, -0.25) is 0 Å². The monoisotopic (exact) mass is 239 g/mol. The van der Waals surface area contributed by atoms with Gasteiger partial charge in [-0.1, -0.05) is 12.2 Å². The van der Waals surface area contributed by atoms with Crippen LogP contribution in [0.15, 0.2) is 30.9 Å². The molecule has 1 aromatic carbocycles. The molecule has 0 bridgehead atoms. The summed E-state index contributed by atoms with van der Waals surface area (Å²) in [6, 6.07) is 2.20. The molecule has 0 saturated heterocycles. The number of nitrogens with two attached hydrogens (primary N) is 1. The fraction of sp³-hybridized carbons (Fsp3) is 0. The van der Waals surface area contributed by atoms with Gasteiger partial charge < -0.3 is 10.3 Å². The lowest BCUT2D eigenvalue weighted by molar-refractivity contribution is 0.568. The molecule has 2 rings (SSSR count). The summed E-state index contributed by atoms with van der Waals surface area (Å²) in [6.07, 6.45) is 4.18. The van der Waals surface area contributed by atoms with Gasteiger partial charge in [-0.25, -0.2) is 13.8 Å². The van der Waals surface area contributed by atoms with E-state index in [-0.39, 0.29) is 16.2 Å². The first-order valence-electron chi connectivity index (χ1n) is 4.37. The van der Waals surface area contributed by atoms with Crippen molar-refractivity contribution in [2.75, 3.05) is 0 Å².